The molecule has 0 heterocycles. The van der Waals surface area contributed by atoms with Crippen molar-refractivity contribution in [3.8, 4) is 0 Å². The van der Waals surface area contributed by atoms with Gasteiger partial charge in [0.1, 0.15) is 0 Å². The van der Waals surface area contributed by atoms with Gasteiger partial charge in [0.05, 0.1) is 0 Å². The number of carbonyl (C=O) groups is 1. The number of carbonyl (C=O) groups excluding carboxylic acids is 1. The zero-order chi connectivity index (χ0) is 13.8. The summed E-state index contributed by atoms with van der Waals surface area (Å²) in [7, 11) is 0. The number of ketones is 1. The molecule has 1 nitrogen and oxygen atoms in total. The van der Waals surface area contributed by atoms with Gasteiger partial charge in [0.15, 0.2) is 5.78 Å². The maximum atomic E-state index is 12.1. The summed E-state index contributed by atoms with van der Waals surface area (Å²) in [4.78, 5) is 12.1. The molecule has 0 atom stereocenters. The van der Waals surface area contributed by atoms with Crippen LogP contribution in [0, 0.1) is 20.8 Å². The van der Waals surface area contributed by atoms with E-state index >= 15 is 0 Å². The van der Waals surface area contributed by atoms with Gasteiger partial charge in [-0.25, -0.2) is 0 Å². The largest absolute Gasteiger partial charge is 0.294 e. The lowest BCUT2D eigenvalue weighted by Gasteiger charge is -2.09. The highest BCUT2D eigenvalue weighted by Gasteiger charge is 2.07. The second kappa shape index (κ2) is 5.83. The van der Waals surface area contributed by atoms with Crippen LogP contribution in [0.3, 0.4) is 0 Å². The molecular formula is C18H20O. The van der Waals surface area contributed by atoms with Crippen LogP contribution in [-0.2, 0) is 6.42 Å². The summed E-state index contributed by atoms with van der Waals surface area (Å²) in [6, 6.07) is 13.9. The highest BCUT2D eigenvalue weighted by molar-refractivity contribution is 5.96. The van der Waals surface area contributed by atoms with Crippen molar-refractivity contribution >= 4 is 5.78 Å². The summed E-state index contributed by atoms with van der Waals surface area (Å²) < 4.78 is 0. The molecule has 19 heavy (non-hydrogen) atoms. The minimum atomic E-state index is 0.221. The molecule has 98 valence electrons. The molecule has 1 heteroatoms. The highest BCUT2D eigenvalue weighted by Crippen LogP contribution is 2.17. The molecule has 2 aromatic rings. The van der Waals surface area contributed by atoms with E-state index in [1.807, 2.05) is 30.3 Å². The second-order valence-corrected chi connectivity index (χ2v) is 5.15. The molecule has 2 aromatic carbocycles. The lowest BCUT2D eigenvalue weighted by atomic mass is 9.96. The smallest absolute Gasteiger partial charge is 0.163 e. The van der Waals surface area contributed by atoms with E-state index in [9.17, 15) is 4.79 Å². The van der Waals surface area contributed by atoms with Crippen molar-refractivity contribution in [2.45, 2.75) is 33.6 Å². The predicted molar refractivity (Wildman–Crippen MR) is 79.7 cm³/mol. The fourth-order valence-corrected chi connectivity index (χ4v) is 2.31. The first-order valence-electron chi connectivity index (χ1n) is 6.73. The summed E-state index contributed by atoms with van der Waals surface area (Å²) >= 11 is 0. The molecule has 0 saturated heterocycles. The lowest BCUT2D eigenvalue weighted by molar-refractivity contribution is 0.0983. The number of benzene rings is 2. The topological polar surface area (TPSA) is 17.1 Å². The Morgan fingerprint density at radius 1 is 0.895 bits per heavy atom. The quantitative estimate of drug-likeness (QED) is 0.736. The van der Waals surface area contributed by atoms with E-state index in [0.29, 0.717) is 6.42 Å². The van der Waals surface area contributed by atoms with E-state index in [0.717, 1.165) is 12.0 Å². The van der Waals surface area contributed by atoms with Crippen LogP contribution in [0.25, 0.3) is 0 Å². The predicted octanol–water partition coefficient (Wildman–Crippen LogP) is 4.43. The Kier molecular flexibility index (Phi) is 4.16. The van der Waals surface area contributed by atoms with Crippen LogP contribution in [0.5, 0.6) is 0 Å². The van der Waals surface area contributed by atoms with E-state index in [2.05, 4.69) is 32.9 Å². The zero-order valence-electron chi connectivity index (χ0n) is 11.9. The Morgan fingerprint density at radius 3 is 2.21 bits per heavy atom. The maximum absolute atomic E-state index is 12.1. The molecule has 0 amide bonds. The standard InChI is InChI=1S/C18H20O/c1-13-11-15(3)17(12-14(13)2)9-10-18(19)16-7-5-4-6-8-16/h4-8,11-12H,9-10H2,1-3H3. The summed E-state index contributed by atoms with van der Waals surface area (Å²) in [5, 5.41) is 0. The SMILES string of the molecule is Cc1cc(C)c(CCC(=O)c2ccccc2)cc1C. The van der Waals surface area contributed by atoms with Crippen LogP contribution >= 0.6 is 0 Å². The molecule has 2 rings (SSSR count). The van der Waals surface area contributed by atoms with Gasteiger partial charge in [0, 0.05) is 12.0 Å². The molecule has 0 aliphatic rings. The Balaban J connectivity index is 2.07. The van der Waals surface area contributed by atoms with Crippen molar-refractivity contribution < 1.29 is 4.79 Å². The second-order valence-electron chi connectivity index (χ2n) is 5.15. The molecule has 0 unspecified atom stereocenters. The third-order valence-corrected chi connectivity index (χ3v) is 3.67. The Hall–Kier alpha value is -1.89. The van der Waals surface area contributed by atoms with Gasteiger partial charge < -0.3 is 0 Å². The van der Waals surface area contributed by atoms with Gasteiger partial charge in [0.25, 0.3) is 0 Å². The third-order valence-electron chi connectivity index (χ3n) is 3.67. The van der Waals surface area contributed by atoms with Crippen molar-refractivity contribution in [3.05, 3.63) is 70.3 Å². The minimum Gasteiger partial charge on any atom is -0.294 e. The van der Waals surface area contributed by atoms with Gasteiger partial charge in [-0.3, -0.25) is 4.79 Å². The van der Waals surface area contributed by atoms with E-state index < -0.39 is 0 Å². The fraction of sp³-hybridized carbons (Fsp3) is 0.278. The minimum absolute atomic E-state index is 0.221. The molecule has 0 bridgehead atoms. The molecule has 0 aliphatic heterocycles. The van der Waals surface area contributed by atoms with Gasteiger partial charge >= 0.3 is 0 Å². The molecule has 0 N–H and O–H groups in total. The normalized spacial score (nSPS) is 10.5. The summed E-state index contributed by atoms with van der Waals surface area (Å²) in [5.74, 6) is 0.221. The fourth-order valence-electron chi connectivity index (χ4n) is 2.31. The van der Waals surface area contributed by atoms with Crippen molar-refractivity contribution in [1.29, 1.82) is 0 Å². The number of rotatable bonds is 4. The highest BCUT2D eigenvalue weighted by atomic mass is 16.1. The first-order valence-corrected chi connectivity index (χ1v) is 6.73. The van der Waals surface area contributed by atoms with Gasteiger partial charge in [0.2, 0.25) is 0 Å². The van der Waals surface area contributed by atoms with Crippen LogP contribution < -0.4 is 0 Å². The Labute approximate surface area is 115 Å². The van der Waals surface area contributed by atoms with Crippen molar-refractivity contribution in [2.75, 3.05) is 0 Å². The summed E-state index contributed by atoms with van der Waals surface area (Å²) in [6.45, 7) is 6.37. The van der Waals surface area contributed by atoms with Crippen LogP contribution in [-0.4, -0.2) is 5.78 Å². The monoisotopic (exact) mass is 252 g/mol. The molecule has 0 aliphatic carbocycles. The maximum Gasteiger partial charge on any atom is 0.163 e. The van der Waals surface area contributed by atoms with Gasteiger partial charge in [-0.1, -0.05) is 42.5 Å². The van der Waals surface area contributed by atoms with Gasteiger partial charge in [-0.2, -0.15) is 0 Å². The van der Waals surface area contributed by atoms with Crippen molar-refractivity contribution in [2.24, 2.45) is 0 Å². The number of aryl methyl sites for hydroxylation is 4. The van der Waals surface area contributed by atoms with Crippen molar-refractivity contribution in [1.82, 2.24) is 0 Å². The van der Waals surface area contributed by atoms with Crippen LogP contribution in [0.15, 0.2) is 42.5 Å². The molecule has 0 fully saturated rings. The molecule has 0 radical (unpaired) electrons. The average Bonchev–Trinajstić information content (AvgIpc) is 2.42. The van der Waals surface area contributed by atoms with Crippen LogP contribution in [0.2, 0.25) is 0 Å². The first-order chi connectivity index (χ1) is 9.08. The lowest BCUT2D eigenvalue weighted by Crippen LogP contribution is -2.02. The molecule has 0 saturated carbocycles. The number of hydrogen-bond donors (Lipinski definition) is 0. The van der Waals surface area contributed by atoms with Crippen LogP contribution in [0.1, 0.15) is 39.0 Å². The van der Waals surface area contributed by atoms with Crippen molar-refractivity contribution in [3.63, 3.8) is 0 Å². The number of Topliss-reactive ketones (excluding diaryl/α,β-unsaturated/α-hetero) is 1. The van der Waals surface area contributed by atoms with Gasteiger partial charge in [-0.15, -0.1) is 0 Å². The summed E-state index contributed by atoms with van der Waals surface area (Å²) in [5.41, 5.74) is 5.99. The van der Waals surface area contributed by atoms with Crippen LogP contribution in [0.4, 0.5) is 0 Å². The van der Waals surface area contributed by atoms with Gasteiger partial charge in [-0.05, 0) is 49.4 Å². The molecule has 0 aromatic heterocycles. The van der Waals surface area contributed by atoms with E-state index in [4.69, 9.17) is 0 Å². The average molecular weight is 252 g/mol. The Bertz CT molecular complexity index is 582. The van der Waals surface area contributed by atoms with E-state index in [1.54, 1.807) is 0 Å². The third kappa shape index (κ3) is 3.31. The summed E-state index contributed by atoms with van der Waals surface area (Å²) in [6.07, 6.45) is 1.40. The Morgan fingerprint density at radius 2 is 1.53 bits per heavy atom. The zero-order valence-corrected chi connectivity index (χ0v) is 11.9. The number of hydrogen-bond acceptors (Lipinski definition) is 1. The van der Waals surface area contributed by atoms with E-state index in [1.165, 1.54) is 22.3 Å². The molecule has 0 spiro atoms. The first kappa shape index (κ1) is 13.5. The molecular weight excluding hydrogens is 232 g/mol. The van der Waals surface area contributed by atoms with E-state index in [-0.39, 0.29) is 5.78 Å².